The normalized spacial score (nSPS) is 18.8. The molecule has 0 spiro atoms. The highest BCUT2D eigenvalue weighted by atomic mass is 16.2. The van der Waals surface area contributed by atoms with Gasteiger partial charge >= 0.3 is 0 Å². The van der Waals surface area contributed by atoms with E-state index in [1.54, 1.807) is 0 Å². The topological polar surface area (TPSA) is 55.1 Å². The van der Waals surface area contributed by atoms with Crippen LogP contribution in [0.25, 0.3) is 0 Å². The summed E-state index contributed by atoms with van der Waals surface area (Å²) in [5.41, 5.74) is 7.17. The van der Waals surface area contributed by atoms with Gasteiger partial charge in [-0.25, -0.2) is 0 Å². The molecule has 1 saturated carbocycles. The Morgan fingerprint density at radius 1 is 1.39 bits per heavy atom. The maximum Gasteiger partial charge on any atom is 0.237 e. The zero-order chi connectivity index (χ0) is 13.0. The van der Waals surface area contributed by atoms with Crippen molar-refractivity contribution >= 4 is 5.91 Å². The number of benzene rings is 1. The lowest BCUT2D eigenvalue weighted by molar-refractivity contribution is -0.125. The van der Waals surface area contributed by atoms with Gasteiger partial charge in [0.2, 0.25) is 5.91 Å². The summed E-state index contributed by atoms with van der Waals surface area (Å²) in [7, 11) is 0. The van der Waals surface area contributed by atoms with Gasteiger partial charge in [0.1, 0.15) is 0 Å². The molecule has 1 amide bonds. The minimum atomic E-state index is -0.400. The van der Waals surface area contributed by atoms with Crippen LogP contribution in [0.2, 0.25) is 0 Å². The lowest BCUT2D eigenvalue weighted by Gasteiger charge is -2.39. The Balaban J connectivity index is 1.77. The summed E-state index contributed by atoms with van der Waals surface area (Å²) in [6.07, 6.45) is 4.91. The van der Waals surface area contributed by atoms with E-state index in [-0.39, 0.29) is 11.4 Å². The number of carbonyl (C=O) groups excluding carboxylic acids is 1. The molecule has 98 valence electrons. The second-order valence-electron chi connectivity index (χ2n) is 5.53. The number of aryl methyl sites for hydroxylation is 1. The molecule has 0 bridgehead atoms. The van der Waals surface area contributed by atoms with Gasteiger partial charge in [-0.15, -0.1) is 0 Å². The van der Waals surface area contributed by atoms with Gasteiger partial charge in [-0.1, -0.05) is 30.3 Å². The molecule has 0 heterocycles. The van der Waals surface area contributed by atoms with Crippen molar-refractivity contribution in [1.29, 1.82) is 0 Å². The van der Waals surface area contributed by atoms with Gasteiger partial charge in [0, 0.05) is 5.54 Å². The summed E-state index contributed by atoms with van der Waals surface area (Å²) in [5, 5.41) is 3.06. The molecule has 1 fully saturated rings. The molecule has 1 atom stereocenters. The average Bonchev–Trinajstić information content (AvgIpc) is 2.35. The maximum absolute atomic E-state index is 11.9. The number of amides is 1. The van der Waals surface area contributed by atoms with E-state index in [0.717, 1.165) is 19.3 Å². The highest BCUT2D eigenvalue weighted by Gasteiger charge is 2.34. The molecular weight excluding hydrogens is 224 g/mol. The molecule has 0 aromatic heterocycles. The third-order valence-electron chi connectivity index (χ3n) is 3.81. The second kappa shape index (κ2) is 5.53. The maximum atomic E-state index is 11.9. The molecule has 0 aliphatic heterocycles. The van der Waals surface area contributed by atoms with E-state index < -0.39 is 6.04 Å². The first-order valence-electron chi connectivity index (χ1n) is 6.71. The van der Waals surface area contributed by atoms with Gasteiger partial charge in [-0.05, 0) is 44.6 Å². The number of rotatable bonds is 5. The van der Waals surface area contributed by atoms with Crippen molar-refractivity contribution < 1.29 is 4.79 Å². The van der Waals surface area contributed by atoms with E-state index in [9.17, 15) is 4.79 Å². The summed E-state index contributed by atoms with van der Waals surface area (Å²) in [6, 6.07) is 9.75. The Bertz CT molecular complexity index is 398. The molecular formula is C15H22N2O. The Morgan fingerprint density at radius 3 is 2.61 bits per heavy atom. The molecule has 3 heteroatoms. The van der Waals surface area contributed by atoms with Crippen LogP contribution in [0.5, 0.6) is 0 Å². The number of hydrogen-bond donors (Lipinski definition) is 2. The van der Waals surface area contributed by atoms with Crippen LogP contribution in [-0.2, 0) is 11.2 Å². The van der Waals surface area contributed by atoms with Crippen molar-refractivity contribution in [2.45, 2.75) is 50.6 Å². The van der Waals surface area contributed by atoms with Crippen LogP contribution >= 0.6 is 0 Å². The van der Waals surface area contributed by atoms with Crippen LogP contribution in [0.1, 0.15) is 38.2 Å². The van der Waals surface area contributed by atoms with Gasteiger partial charge in [0.05, 0.1) is 6.04 Å². The highest BCUT2D eigenvalue weighted by molar-refractivity contribution is 5.82. The van der Waals surface area contributed by atoms with Crippen molar-refractivity contribution in [3.05, 3.63) is 35.9 Å². The van der Waals surface area contributed by atoms with E-state index in [1.165, 1.54) is 12.0 Å². The van der Waals surface area contributed by atoms with E-state index in [1.807, 2.05) is 18.2 Å². The molecule has 1 aromatic rings. The lowest BCUT2D eigenvalue weighted by atomic mass is 9.78. The number of nitrogens with one attached hydrogen (secondary N) is 1. The fourth-order valence-electron chi connectivity index (χ4n) is 2.32. The van der Waals surface area contributed by atoms with E-state index >= 15 is 0 Å². The van der Waals surface area contributed by atoms with Crippen LogP contribution < -0.4 is 11.1 Å². The predicted octanol–water partition coefficient (Wildman–Crippen LogP) is 2.01. The summed E-state index contributed by atoms with van der Waals surface area (Å²) in [6.45, 7) is 2.10. The quantitative estimate of drug-likeness (QED) is 0.835. The zero-order valence-corrected chi connectivity index (χ0v) is 11.0. The molecule has 1 aliphatic rings. The average molecular weight is 246 g/mol. The third kappa shape index (κ3) is 3.33. The Hall–Kier alpha value is -1.35. The molecule has 1 aromatic carbocycles. The largest absolute Gasteiger partial charge is 0.350 e. The van der Waals surface area contributed by atoms with Gasteiger partial charge in [0.25, 0.3) is 0 Å². The SMILES string of the molecule is CC1(NC(=O)[C@@H](N)CCc2ccccc2)CCC1. The smallest absolute Gasteiger partial charge is 0.237 e. The van der Waals surface area contributed by atoms with Crippen molar-refractivity contribution in [2.24, 2.45) is 5.73 Å². The standard InChI is InChI=1S/C15H22N2O/c1-15(10-5-11-15)17-14(18)13(16)9-8-12-6-3-2-4-7-12/h2-4,6-7,13H,5,8-11,16H2,1H3,(H,17,18)/t13-/m0/s1. The molecule has 2 rings (SSSR count). The van der Waals surface area contributed by atoms with Crippen molar-refractivity contribution in [2.75, 3.05) is 0 Å². The fourth-order valence-corrected chi connectivity index (χ4v) is 2.32. The summed E-state index contributed by atoms with van der Waals surface area (Å²) in [4.78, 5) is 11.9. The first-order chi connectivity index (χ1) is 8.59. The van der Waals surface area contributed by atoms with Crippen LogP contribution in [0.3, 0.4) is 0 Å². The van der Waals surface area contributed by atoms with E-state index in [2.05, 4.69) is 24.4 Å². The molecule has 3 N–H and O–H groups in total. The van der Waals surface area contributed by atoms with Gasteiger partial charge in [-0.2, -0.15) is 0 Å². The van der Waals surface area contributed by atoms with Crippen LogP contribution in [0.4, 0.5) is 0 Å². The minimum Gasteiger partial charge on any atom is -0.350 e. The van der Waals surface area contributed by atoms with Crippen molar-refractivity contribution in [3.63, 3.8) is 0 Å². The van der Waals surface area contributed by atoms with E-state index in [4.69, 9.17) is 5.73 Å². The summed E-state index contributed by atoms with van der Waals surface area (Å²) < 4.78 is 0. The second-order valence-corrected chi connectivity index (χ2v) is 5.53. The lowest BCUT2D eigenvalue weighted by Crippen LogP contribution is -2.55. The molecule has 3 nitrogen and oxygen atoms in total. The predicted molar refractivity (Wildman–Crippen MR) is 73.1 cm³/mol. The summed E-state index contributed by atoms with van der Waals surface area (Å²) >= 11 is 0. The Morgan fingerprint density at radius 2 is 2.06 bits per heavy atom. The first kappa shape index (κ1) is 13.1. The van der Waals surface area contributed by atoms with Gasteiger partial charge < -0.3 is 11.1 Å². The summed E-state index contributed by atoms with van der Waals surface area (Å²) in [5.74, 6) is -0.00636. The van der Waals surface area contributed by atoms with Crippen LogP contribution in [0.15, 0.2) is 30.3 Å². The minimum absolute atomic E-state index is 0.00144. The number of carbonyl (C=O) groups is 1. The molecule has 0 saturated heterocycles. The van der Waals surface area contributed by atoms with Crippen molar-refractivity contribution in [1.82, 2.24) is 5.32 Å². The molecule has 1 aliphatic carbocycles. The van der Waals surface area contributed by atoms with Gasteiger partial charge in [-0.3, -0.25) is 4.79 Å². The Kier molecular flexibility index (Phi) is 4.02. The Labute approximate surface area is 109 Å². The van der Waals surface area contributed by atoms with E-state index in [0.29, 0.717) is 6.42 Å². The third-order valence-corrected chi connectivity index (χ3v) is 3.81. The molecule has 0 radical (unpaired) electrons. The highest BCUT2D eigenvalue weighted by Crippen LogP contribution is 2.30. The molecule has 18 heavy (non-hydrogen) atoms. The van der Waals surface area contributed by atoms with Gasteiger partial charge in [0.15, 0.2) is 0 Å². The fraction of sp³-hybridized carbons (Fsp3) is 0.533. The first-order valence-corrected chi connectivity index (χ1v) is 6.71. The van der Waals surface area contributed by atoms with Crippen LogP contribution in [0, 0.1) is 0 Å². The molecule has 0 unspecified atom stereocenters. The number of nitrogens with two attached hydrogens (primary N) is 1. The number of hydrogen-bond acceptors (Lipinski definition) is 2. The van der Waals surface area contributed by atoms with Crippen molar-refractivity contribution in [3.8, 4) is 0 Å². The van der Waals surface area contributed by atoms with Crippen LogP contribution in [-0.4, -0.2) is 17.5 Å². The monoisotopic (exact) mass is 246 g/mol. The zero-order valence-electron chi connectivity index (χ0n) is 11.0.